The number of urea groups is 1. The summed E-state index contributed by atoms with van der Waals surface area (Å²) in [5.74, 6) is -0.932. The molecule has 2 amide bonds. The third kappa shape index (κ3) is 4.18. The minimum absolute atomic E-state index is 0.409. The van der Waals surface area contributed by atoms with Gasteiger partial charge < -0.3 is 21.5 Å². The summed E-state index contributed by atoms with van der Waals surface area (Å²) in [6, 6.07) is -0.409. The van der Waals surface area contributed by atoms with Crippen LogP contribution in [0.15, 0.2) is 0 Å². The molecule has 1 saturated carbocycles. The SMILES string of the molecule is NCCCNC(=O)NC1(C(=O)O)CCCCCC1. The van der Waals surface area contributed by atoms with E-state index >= 15 is 0 Å². The van der Waals surface area contributed by atoms with Crippen LogP contribution in [0.4, 0.5) is 4.79 Å². The standard InChI is InChI=1S/C12H23N3O3/c13-8-5-9-14-11(18)15-12(10(16)17)6-3-1-2-4-7-12/h1-9,13H2,(H,16,17)(H2,14,15,18). The van der Waals surface area contributed by atoms with E-state index < -0.39 is 17.5 Å². The maximum Gasteiger partial charge on any atom is 0.329 e. The largest absolute Gasteiger partial charge is 0.480 e. The van der Waals surface area contributed by atoms with Crippen molar-refractivity contribution in [2.75, 3.05) is 13.1 Å². The van der Waals surface area contributed by atoms with Crippen molar-refractivity contribution in [1.29, 1.82) is 0 Å². The van der Waals surface area contributed by atoms with Gasteiger partial charge in [-0.05, 0) is 25.8 Å². The fraction of sp³-hybridized carbons (Fsp3) is 0.833. The molecule has 0 spiro atoms. The predicted molar refractivity (Wildman–Crippen MR) is 68.3 cm³/mol. The van der Waals surface area contributed by atoms with Crippen molar-refractivity contribution in [3.05, 3.63) is 0 Å². The van der Waals surface area contributed by atoms with Crippen molar-refractivity contribution in [1.82, 2.24) is 10.6 Å². The first-order valence-corrected chi connectivity index (χ1v) is 6.60. The van der Waals surface area contributed by atoms with E-state index in [0.29, 0.717) is 32.4 Å². The van der Waals surface area contributed by atoms with Crippen LogP contribution >= 0.6 is 0 Å². The molecule has 0 saturated heterocycles. The summed E-state index contributed by atoms with van der Waals surface area (Å²) < 4.78 is 0. The minimum atomic E-state index is -1.09. The monoisotopic (exact) mass is 257 g/mol. The van der Waals surface area contributed by atoms with Gasteiger partial charge in [0.2, 0.25) is 0 Å². The van der Waals surface area contributed by atoms with E-state index in [-0.39, 0.29) is 0 Å². The second-order valence-electron chi connectivity index (χ2n) is 4.82. The summed E-state index contributed by atoms with van der Waals surface area (Å²) in [6.45, 7) is 0.975. The number of nitrogens with one attached hydrogen (secondary N) is 2. The Hall–Kier alpha value is -1.30. The molecule has 0 heterocycles. The quantitative estimate of drug-likeness (QED) is 0.432. The summed E-state index contributed by atoms with van der Waals surface area (Å²) >= 11 is 0. The van der Waals surface area contributed by atoms with Gasteiger partial charge in [0.15, 0.2) is 0 Å². The van der Waals surface area contributed by atoms with Crippen molar-refractivity contribution in [2.45, 2.75) is 50.5 Å². The molecule has 18 heavy (non-hydrogen) atoms. The molecule has 1 rings (SSSR count). The smallest absolute Gasteiger partial charge is 0.329 e. The highest BCUT2D eigenvalue weighted by Gasteiger charge is 2.39. The number of carboxylic acids is 1. The van der Waals surface area contributed by atoms with E-state index in [2.05, 4.69) is 10.6 Å². The van der Waals surface area contributed by atoms with Crippen LogP contribution in [-0.4, -0.2) is 35.7 Å². The molecule has 0 atom stereocenters. The first-order valence-electron chi connectivity index (χ1n) is 6.60. The molecule has 0 aromatic rings. The summed E-state index contributed by atoms with van der Waals surface area (Å²) in [6.07, 6.45) is 5.45. The van der Waals surface area contributed by atoms with Crippen LogP contribution in [0, 0.1) is 0 Å². The molecule has 5 N–H and O–H groups in total. The molecular formula is C12H23N3O3. The van der Waals surface area contributed by atoms with E-state index in [1.165, 1.54) is 0 Å². The molecular weight excluding hydrogens is 234 g/mol. The summed E-state index contributed by atoms with van der Waals surface area (Å²) in [7, 11) is 0. The van der Waals surface area contributed by atoms with Crippen molar-refractivity contribution >= 4 is 12.0 Å². The van der Waals surface area contributed by atoms with Crippen LogP contribution in [0.25, 0.3) is 0 Å². The maximum atomic E-state index is 11.7. The van der Waals surface area contributed by atoms with Gasteiger partial charge in [0.1, 0.15) is 5.54 Å². The number of carbonyl (C=O) groups is 2. The Labute approximate surface area is 107 Å². The Morgan fingerprint density at radius 2 is 1.78 bits per heavy atom. The van der Waals surface area contributed by atoms with Gasteiger partial charge in [-0.15, -0.1) is 0 Å². The Kier molecular flexibility index (Phi) is 5.91. The molecule has 0 aliphatic heterocycles. The number of carbonyl (C=O) groups excluding carboxylic acids is 1. The molecule has 6 heteroatoms. The van der Waals surface area contributed by atoms with Gasteiger partial charge in [-0.25, -0.2) is 9.59 Å². The average molecular weight is 257 g/mol. The predicted octanol–water partition coefficient (Wildman–Crippen LogP) is 0.812. The van der Waals surface area contributed by atoms with Gasteiger partial charge in [0, 0.05) is 6.54 Å². The zero-order valence-electron chi connectivity index (χ0n) is 10.7. The van der Waals surface area contributed by atoms with Crippen molar-refractivity contribution in [3.8, 4) is 0 Å². The lowest BCUT2D eigenvalue weighted by molar-refractivity contribution is -0.145. The second-order valence-corrected chi connectivity index (χ2v) is 4.82. The average Bonchev–Trinajstić information content (AvgIpc) is 2.56. The van der Waals surface area contributed by atoms with Crippen molar-refractivity contribution < 1.29 is 14.7 Å². The number of rotatable bonds is 5. The number of carboxylic acid groups (broad SMARTS) is 1. The van der Waals surface area contributed by atoms with E-state index in [4.69, 9.17) is 5.73 Å². The van der Waals surface area contributed by atoms with Gasteiger partial charge in [0.25, 0.3) is 0 Å². The van der Waals surface area contributed by atoms with Gasteiger partial charge >= 0.3 is 12.0 Å². The van der Waals surface area contributed by atoms with Gasteiger partial charge in [-0.3, -0.25) is 0 Å². The van der Waals surface area contributed by atoms with E-state index in [1.807, 2.05) is 0 Å². The Bertz CT molecular complexity index is 286. The lowest BCUT2D eigenvalue weighted by Crippen LogP contribution is -2.57. The van der Waals surface area contributed by atoms with Crippen LogP contribution in [0.5, 0.6) is 0 Å². The third-order valence-corrected chi connectivity index (χ3v) is 3.39. The van der Waals surface area contributed by atoms with Gasteiger partial charge in [-0.1, -0.05) is 25.7 Å². The normalized spacial score (nSPS) is 18.7. The first kappa shape index (κ1) is 14.8. The summed E-state index contributed by atoms with van der Waals surface area (Å²) in [4.78, 5) is 23.1. The van der Waals surface area contributed by atoms with Crippen LogP contribution in [0.3, 0.4) is 0 Å². The Morgan fingerprint density at radius 1 is 1.17 bits per heavy atom. The van der Waals surface area contributed by atoms with E-state index in [1.54, 1.807) is 0 Å². The number of hydrogen-bond acceptors (Lipinski definition) is 3. The summed E-state index contributed by atoms with van der Waals surface area (Å²) in [5.41, 5.74) is 4.23. The molecule has 6 nitrogen and oxygen atoms in total. The lowest BCUT2D eigenvalue weighted by Gasteiger charge is -2.29. The molecule has 0 unspecified atom stereocenters. The van der Waals surface area contributed by atoms with Crippen molar-refractivity contribution in [3.63, 3.8) is 0 Å². The molecule has 1 aliphatic rings. The summed E-state index contributed by atoms with van der Waals surface area (Å²) in [5, 5.41) is 14.6. The molecule has 1 aliphatic carbocycles. The highest BCUT2D eigenvalue weighted by atomic mass is 16.4. The fourth-order valence-corrected chi connectivity index (χ4v) is 2.29. The molecule has 0 aromatic carbocycles. The molecule has 1 fully saturated rings. The van der Waals surface area contributed by atoms with E-state index in [9.17, 15) is 14.7 Å². The highest BCUT2D eigenvalue weighted by molar-refractivity contribution is 5.86. The zero-order valence-corrected chi connectivity index (χ0v) is 10.7. The third-order valence-electron chi connectivity index (χ3n) is 3.39. The van der Waals surface area contributed by atoms with Crippen molar-refractivity contribution in [2.24, 2.45) is 5.73 Å². The van der Waals surface area contributed by atoms with Crippen LogP contribution in [0.1, 0.15) is 44.9 Å². The molecule has 0 bridgehead atoms. The zero-order chi connectivity index (χ0) is 13.4. The van der Waals surface area contributed by atoms with Crippen LogP contribution in [0.2, 0.25) is 0 Å². The number of aliphatic carboxylic acids is 1. The number of nitrogens with two attached hydrogens (primary N) is 1. The van der Waals surface area contributed by atoms with Gasteiger partial charge in [-0.2, -0.15) is 0 Å². The Morgan fingerprint density at radius 3 is 2.28 bits per heavy atom. The number of amides is 2. The van der Waals surface area contributed by atoms with Gasteiger partial charge in [0.05, 0.1) is 0 Å². The maximum absolute atomic E-state index is 11.7. The Balaban J connectivity index is 2.55. The molecule has 0 aromatic heterocycles. The lowest BCUT2D eigenvalue weighted by atomic mass is 9.90. The van der Waals surface area contributed by atoms with E-state index in [0.717, 1.165) is 25.7 Å². The number of hydrogen-bond donors (Lipinski definition) is 4. The molecule has 104 valence electrons. The second kappa shape index (κ2) is 7.20. The topological polar surface area (TPSA) is 104 Å². The fourth-order valence-electron chi connectivity index (χ4n) is 2.29. The minimum Gasteiger partial charge on any atom is -0.480 e. The van der Waals surface area contributed by atoms with Crippen LogP contribution < -0.4 is 16.4 Å². The molecule has 0 radical (unpaired) electrons. The first-order chi connectivity index (χ1) is 8.60. The highest BCUT2D eigenvalue weighted by Crippen LogP contribution is 2.27. The van der Waals surface area contributed by atoms with Crippen LogP contribution in [-0.2, 0) is 4.79 Å².